The van der Waals surface area contributed by atoms with Crippen molar-refractivity contribution in [2.24, 2.45) is 0 Å². The zero-order chi connectivity index (χ0) is 16.8. The molecule has 2 aromatic rings. The molecule has 0 spiro atoms. The molecule has 2 aliphatic rings. The lowest BCUT2D eigenvalue weighted by Crippen LogP contribution is -2.07. The van der Waals surface area contributed by atoms with Crippen molar-refractivity contribution >= 4 is 43.5 Å². The van der Waals surface area contributed by atoms with Crippen LogP contribution in [0.1, 0.15) is 6.92 Å². The van der Waals surface area contributed by atoms with Gasteiger partial charge in [0.1, 0.15) is 21.4 Å². The molecule has 5 nitrogen and oxygen atoms in total. The first-order valence-electron chi connectivity index (χ1n) is 7.51. The molecule has 24 heavy (non-hydrogen) atoms. The monoisotopic (exact) mass is 384 g/mol. The third-order valence-electron chi connectivity index (χ3n) is 3.90. The molecule has 1 aliphatic carbocycles. The van der Waals surface area contributed by atoms with Crippen molar-refractivity contribution in [2.45, 2.75) is 6.92 Å². The molecule has 2 aromatic carbocycles. The molecule has 0 aromatic heterocycles. The number of halogens is 1. The Morgan fingerprint density at radius 3 is 2.83 bits per heavy atom. The highest BCUT2D eigenvalue weighted by atomic mass is 79.9. The number of rotatable bonds is 2. The molecule has 2 N–H and O–H groups in total. The van der Waals surface area contributed by atoms with Gasteiger partial charge < -0.3 is 14.8 Å². The Kier molecular flexibility index (Phi) is 3.42. The van der Waals surface area contributed by atoms with Crippen LogP contribution in [0, 0.1) is 0 Å². The fourth-order valence-electron chi connectivity index (χ4n) is 2.81. The molecule has 0 bridgehead atoms. The van der Waals surface area contributed by atoms with E-state index in [9.17, 15) is 9.90 Å². The lowest BCUT2D eigenvalue weighted by atomic mass is 10.0. The van der Waals surface area contributed by atoms with Crippen LogP contribution in [0.2, 0.25) is 0 Å². The highest BCUT2D eigenvalue weighted by molar-refractivity contribution is 9.10. The summed E-state index contributed by atoms with van der Waals surface area (Å²) >= 11 is 3.32. The summed E-state index contributed by atoms with van der Waals surface area (Å²) in [6, 6.07) is 10.3. The standard InChI is InChI=1S/C18H13BrN2O3/c1-2-20-9-3-6-13-14(7-9)24-18-15(19)17(23)12-8-10(22)4-5-11(12)16(18)21-13/h3-8,20,22H,2H2,1H3. The number of nitrogens with zero attached hydrogens (tertiary/aromatic N) is 1. The fourth-order valence-corrected chi connectivity index (χ4v) is 3.29. The Morgan fingerprint density at radius 1 is 1.21 bits per heavy atom. The summed E-state index contributed by atoms with van der Waals surface area (Å²) in [5, 5.41) is 13.9. The first-order valence-corrected chi connectivity index (χ1v) is 8.30. The van der Waals surface area contributed by atoms with Gasteiger partial charge in [0.05, 0.1) is 0 Å². The largest absolute Gasteiger partial charge is 0.508 e. The molecule has 0 atom stereocenters. The Balaban J connectivity index is 2.13. The van der Waals surface area contributed by atoms with E-state index >= 15 is 0 Å². The maximum absolute atomic E-state index is 12.5. The lowest BCUT2D eigenvalue weighted by Gasteiger charge is -2.12. The second kappa shape index (κ2) is 5.49. The third kappa shape index (κ3) is 2.22. The first kappa shape index (κ1) is 15.0. The van der Waals surface area contributed by atoms with Crippen molar-refractivity contribution < 1.29 is 9.52 Å². The van der Waals surface area contributed by atoms with Gasteiger partial charge >= 0.3 is 0 Å². The van der Waals surface area contributed by atoms with Crippen LogP contribution in [0.15, 0.2) is 50.1 Å². The van der Waals surface area contributed by atoms with Gasteiger partial charge in [-0.15, -0.1) is 0 Å². The SMILES string of the molecule is CCNc1ccc2nc3c4ccc(O)cc4c(=O)c(Br)c-3oc2c1. The number of aromatic nitrogens is 1. The summed E-state index contributed by atoms with van der Waals surface area (Å²) in [5.74, 6) is 0.443. The maximum atomic E-state index is 12.5. The number of phenolic OH excluding ortho intramolecular Hbond substituents is 1. The van der Waals surface area contributed by atoms with Gasteiger partial charge in [-0.2, -0.15) is 0 Å². The van der Waals surface area contributed by atoms with E-state index < -0.39 is 0 Å². The average Bonchev–Trinajstić information content (AvgIpc) is 2.58. The molecule has 0 unspecified atom stereocenters. The number of nitrogens with one attached hydrogen (secondary N) is 1. The van der Waals surface area contributed by atoms with Gasteiger partial charge in [0.25, 0.3) is 0 Å². The van der Waals surface area contributed by atoms with Gasteiger partial charge in [0.2, 0.25) is 5.43 Å². The summed E-state index contributed by atoms with van der Waals surface area (Å²) in [6.07, 6.45) is 0. The Labute approximate surface area is 145 Å². The van der Waals surface area contributed by atoms with Crippen LogP contribution in [0.4, 0.5) is 5.69 Å². The van der Waals surface area contributed by atoms with Crippen LogP contribution in [-0.2, 0) is 0 Å². The molecule has 1 aliphatic heterocycles. The van der Waals surface area contributed by atoms with Crippen molar-refractivity contribution in [3.63, 3.8) is 0 Å². The van der Waals surface area contributed by atoms with Crippen LogP contribution in [0.5, 0.6) is 5.75 Å². The number of anilines is 1. The van der Waals surface area contributed by atoms with Gasteiger partial charge in [0.15, 0.2) is 11.3 Å². The van der Waals surface area contributed by atoms with Gasteiger partial charge in [-0.05, 0) is 53.2 Å². The highest BCUT2D eigenvalue weighted by Crippen LogP contribution is 2.36. The van der Waals surface area contributed by atoms with E-state index in [0.29, 0.717) is 37.8 Å². The molecule has 0 fully saturated rings. The van der Waals surface area contributed by atoms with E-state index in [1.807, 2.05) is 25.1 Å². The zero-order valence-electron chi connectivity index (χ0n) is 12.8. The van der Waals surface area contributed by atoms with E-state index in [0.717, 1.165) is 12.2 Å². The summed E-state index contributed by atoms with van der Waals surface area (Å²) < 4.78 is 6.28. The van der Waals surface area contributed by atoms with Crippen LogP contribution in [0.25, 0.3) is 33.3 Å². The maximum Gasteiger partial charge on any atom is 0.204 e. The number of aromatic hydroxyl groups is 1. The van der Waals surface area contributed by atoms with Crippen molar-refractivity contribution in [1.29, 1.82) is 0 Å². The predicted octanol–water partition coefficient (Wildman–Crippen LogP) is 4.35. The minimum atomic E-state index is -0.235. The third-order valence-corrected chi connectivity index (χ3v) is 4.62. The molecule has 0 amide bonds. The summed E-state index contributed by atoms with van der Waals surface area (Å²) in [7, 11) is 0. The Morgan fingerprint density at radius 2 is 2.04 bits per heavy atom. The molecule has 6 heteroatoms. The summed E-state index contributed by atoms with van der Waals surface area (Å²) in [4.78, 5) is 17.2. The van der Waals surface area contributed by atoms with Crippen LogP contribution >= 0.6 is 15.9 Å². The molecule has 120 valence electrons. The molecule has 4 rings (SSSR count). The molecular formula is C18H13BrN2O3. The van der Waals surface area contributed by atoms with Crippen LogP contribution in [0.3, 0.4) is 0 Å². The Hall–Kier alpha value is -2.60. The van der Waals surface area contributed by atoms with Gasteiger partial charge in [0, 0.05) is 29.1 Å². The first-order chi connectivity index (χ1) is 11.6. The minimum absolute atomic E-state index is 0.0406. The Bertz CT molecular complexity index is 1120. The molecular weight excluding hydrogens is 372 g/mol. The van der Waals surface area contributed by atoms with E-state index in [1.54, 1.807) is 6.07 Å². The minimum Gasteiger partial charge on any atom is -0.508 e. The van der Waals surface area contributed by atoms with Gasteiger partial charge in [-0.1, -0.05) is 0 Å². The summed E-state index contributed by atoms with van der Waals surface area (Å²) in [5.41, 5.74) is 2.57. The second-order valence-electron chi connectivity index (χ2n) is 5.48. The van der Waals surface area contributed by atoms with Gasteiger partial charge in [-0.25, -0.2) is 4.98 Å². The van der Waals surface area contributed by atoms with E-state index in [2.05, 4.69) is 26.2 Å². The lowest BCUT2D eigenvalue weighted by molar-refractivity contribution is 0.476. The fraction of sp³-hybridized carbons (Fsp3) is 0.111. The number of fused-ring (bicyclic) bond motifs is 4. The van der Waals surface area contributed by atoms with Gasteiger partial charge in [-0.3, -0.25) is 4.79 Å². The van der Waals surface area contributed by atoms with Crippen molar-refractivity contribution in [3.05, 3.63) is 51.1 Å². The van der Waals surface area contributed by atoms with E-state index in [4.69, 9.17) is 4.42 Å². The van der Waals surface area contributed by atoms with E-state index in [1.165, 1.54) is 12.1 Å². The van der Waals surface area contributed by atoms with Crippen molar-refractivity contribution in [3.8, 4) is 17.2 Å². The number of hydrogen-bond donors (Lipinski definition) is 2. The topological polar surface area (TPSA) is 75.4 Å². The number of benzene rings is 3. The van der Waals surface area contributed by atoms with Crippen molar-refractivity contribution in [1.82, 2.24) is 4.98 Å². The number of phenols is 1. The normalized spacial score (nSPS) is 11.4. The van der Waals surface area contributed by atoms with E-state index in [-0.39, 0.29) is 11.2 Å². The smallest absolute Gasteiger partial charge is 0.204 e. The molecule has 0 saturated carbocycles. The molecule has 0 radical (unpaired) electrons. The highest BCUT2D eigenvalue weighted by Gasteiger charge is 2.21. The second-order valence-corrected chi connectivity index (χ2v) is 6.27. The molecule has 1 heterocycles. The number of hydrogen-bond acceptors (Lipinski definition) is 5. The molecule has 0 saturated heterocycles. The quantitative estimate of drug-likeness (QED) is 0.397. The van der Waals surface area contributed by atoms with Crippen LogP contribution in [-0.4, -0.2) is 16.6 Å². The van der Waals surface area contributed by atoms with Crippen LogP contribution < -0.4 is 10.7 Å². The predicted molar refractivity (Wildman–Crippen MR) is 97.9 cm³/mol. The van der Waals surface area contributed by atoms with Crippen molar-refractivity contribution in [2.75, 3.05) is 11.9 Å². The summed E-state index contributed by atoms with van der Waals surface area (Å²) in [6.45, 7) is 2.82. The average molecular weight is 385 g/mol. The zero-order valence-corrected chi connectivity index (χ0v) is 14.3.